The van der Waals surface area contributed by atoms with Crippen molar-refractivity contribution in [3.05, 3.63) is 41.3 Å². The lowest BCUT2D eigenvalue weighted by atomic mass is 10.1. The van der Waals surface area contributed by atoms with E-state index in [2.05, 4.69) is 38.6 Å². The number of nitrogens with one attached hydrogen (secondary N) is 2. The number of aryl methyl sites for hydroxylation is 2. The van der Waals surface area contributed by atoms with Crippen molar-refractivity contribution in [2.75, 3.05) is 17.2 Å². The van der Waals surface area contributed by atoms with Crippen LogP contribution >= 0.6 is 0 Å². The van der Waals surface area contributed by atoms with Crippen LogP contribution in [-0.2, 0) is 13.0 Å². The molecule has 5 heteroatoms. The Morgan fingerprint density at radius 3 is 2.75 bits per heavy atom. The fourth-order valence-electron chi connectivity index (χ4n) is 1.98. The van der Waals surface area contributed by atoms with Crippen LogP contribution in [0.4, 0.5) is 11.8 Å². The molecule has 0 unspecified atom stereocenters. The SMILES string of the molecule is CCNc1ncc(C)c(NCc2ncccc2CC)n1. The standard InChI is InChI=1S/C15H21N5/c1-4-12-7-6-8-17-13(12)10-18-14-11(3)9-19-15(20-14)16-5-2/h6-9H,4-5,10H2,1-3H3,(H2,16,18,19,20). The van der Waals surface area contributed by atoms with Crippen LogP contribution in [-0.4, -0.2) is 21.5 Å². The average molecular weight is 271 g/mol. The van der Waals surface area contributed by atoms with Crippen molar-refractivity contribution in [3.8, 4) is 0 Å². The van der Waals surface area contributed by atoms with Gasteiger partial charge in [-0.2, -0.15) is 4.98 Å². The molecule has 0 aromatic carbocycles. The monoisotopic (exact) mass is 271 g/mol. The Morgan fingerprint density at radius 2 is 2.00 bits per heavy atom. The molecule has 2 heterocycles. The van der Waals surface area contributed by atoms with E-state index in [-0.39, 0.29) is 0 Å². The lowest BCUT2D eigenvalue weighted by molar-refractivity contribution is 0.955. The molecular weight excluding hydrogens is 250 g/mol. The molecule has 0 amide bonds. The summed E-state index contributed by atoms with van der Waals surface area (Å²) in [5.41, 5.74) is 3.36. The Labute approximate surface area is 119 Å². The molecule has 2 N–H and O–H groups in total. The Kier molecular flexibility index (Phi) is 4.87. The zero-order chi connectivity index (χ0) is 14.4. The van der Waals surface area contributed by atoms with E-state index in [9.17, 15) is 0 Å². The predicted octanol–water partition coefficient (Wildman–Crippen LogP) is 2.79. The summed E-state index contributed by atoms with van der Waals surface area (Å²) in [6, 6.07) is 4.09. The van der Waals surface area contributed by atoms with Crippen molar-refractivity contribution in [1.82, 2.24) is 15.0 Å². The Morgan fingerprint density at radius 1 is 1.15 bits per heavy atom. The number of anilines is 2. The van der Waals surface area contributed by atoms with E-state index < -0.39 is 0 Å². The molecule has 0 fully saturated rings. The van der Waals surface area contributed by atoms with Gasteiger partial charge in [-0.1, -0.05) is 13.0 Å². The molecule has 2 aromatic rings. The maximum Gasteiger partial charge on any atom is 0.224 e. The highest BCUT2D eigenvalue weighted by molar-refractivity contribution is 5.46. The van der Waals surface area contributed by atoms with Crippen molar-refractivity contribution in [1.29, 1.82) is 0 Å². The molecule has 0 aliphatic carbocycles. The number of nitrogens with zero attached hydrogens (tertiary/aromatic N) is 3. The summed E-state index contributed by atoms with van der Waals surface area (Å²) in [5.74, 6) is 1.50. The van der Waals surface area contributed by atoms with Crippen molar-refractivity contribution >= 4 is 11.8 Å². The van der Waals surface area contributed by atoms with Crippen LogP contribution in [0, 0.1) is 6.92 Å². The van der Waals surface area contributed by atoms with Gasteiger partial charge in [0.15, 0.2) is 0 Å². The summed E-state index contributed by atoms with van der Waals surface area (Å²) in [6.07, 6.45) is 4.63. The topological polar surface area (TPSA) is 62.7 Å². The lowest BCUT2D eigenvalue weighted by Crippen LogP contribution is -2.10. The van der Waals surface area contributed by atoms with Crippen molar-refractivity contribution in [2.24, 2.45) is 0 Å². The second kappa shape index (κ2) is 6.84. The van der Waals surface area contributed by atoms with Crippen LogP contribution in [0.5, 0.6) is 0 Å². The van der Waals surface area contributed by atoms with Crippen LogP contribution in [0.15, 0.2) is 24.5 Å². The van der Waals surface area contributed by atoms with E-state index in [0.29, 0.717) is 12.5 Å². The second-order valence-electron chi connectivity index (χ2n) is 4.57. The molecule has 20 heavy (non-hydrogen) atoms. The summed E-state index contributed by atoms with van der Waals surface area (Å²) < 4.78 is 0. The Bertz CT molecular complexity index is 568. The van der Waals surface area contributed by atoms with Gasteiger partial charge < -0.3 is 10.6 Å². The van der Waals surface area contributed by atoms with Crippen LogP contribution in [0.3, 0.4) is 0 Å². The van der Waals surface area contributed by atoms with Crippen molar-refractivity contribution in [3.63, 3.8) is 0 Å². The highest BCUT2D eigenvalue weighted by Crippen LogP contribution is 2.14. The minimum absolute atomic E-state index is 0.650. The molecule has 2 rings (SSSR count). The normalized spacial score (nSPS) is 10.3. The molecule has 0 atom stereocenters. The zero-order valence-electron chi connectivity index (χ0n) is 12.3. The highest BCUT2D eigenvalue weighted by Gasteiger charge is 2.05. The number of pyridine rings is 1. The molecule has 0 saturated carbocycles. The zero-order valence-corrected chi connectivity index (χ0v) is 12.3. The third kappa shape index (κ3) is 3.44. The fourth-order valence-corrected chi connectivity index (χ4v) is 1.98. The van der Waals surface area contributed by atoms with Crippen LogP contribution in [0.2, 0.25) is 0 Å². The minimum Gasteiger partial charge on any atom is -0.364 e. The molecule has 0 aliphatic heterocycles. The van der Waals surface area contributed by atoms with Crippen molar-refractivity contribution in [2.45, 2.75) is 33.7 Å². The van der Waals surface area contributed by atoms with Gasteiger partial charge in [0, 0.05) is 24.5 Å². The van der Waals surface area contributed by atoms with Crippen LogP contribution in [0.1, 0.15) is 30.7 Å². The molecule has 2 aromatic heterocycles. The van der Waals surface area contributed by atoms with Gasteiger partial charge in [0.2, 0.25) is 5.95 Å². The first-order valence-electron chi connectivity index (χ1n) is 6.98. The van der Waals surface area contributed by atoms with Gasteiger partial charge in [0.25, 0.3) is 0 Å². The summed E-state index contributed by atoms with van der Waals surface area (Å²) in [7, 11) is 0. The number of aromatic nitrogens is 3. The molecule has 0 saturated heterocycles. The molecule has 0 spiro atoms. The first-order chi connectivity index (χ1) is 9.74. The van der Waals surface area contributed by atoms with E-state index in [1.807, 2.05) is 32.3 Å². The largest absolute Gasteiger partial charge is 0.364 e. The van der Waals surface area contributed by atoms with Crippen LogP contribution < -0.4 is 10.6 Å². The third-order valence-corrected chi connectivity index (χ3v) is 3.10. The highest BCUT2D eigenvalue weighted by atomic mass is 15.1. The van der Waals surface area contributed by atoms with Gasteiger partial charge in [-0.05, 0) is 31.9 Å². The maximum atomic E-state index is 4.47. The van der Waals surface area contributed by atoms with Gasteiger partial charge in [-0.3, -0.25) is 4.98 Å². The van der Waals surface area contributed by atoms with Crippen molar-refractivity contribution < 1.29 is 0 Å². The number of hydrogen-bond acceptors (Lipinski definition) is 5. The van der Waals surface area contributed by atoms with E-state index in [1.165, 1.54) is 5.56 Å². The molecule has 0 bridgehead atoms. The summed E-state index contributed by atoms with van der Waals surface area (Å²) in [6.45, 7) is 7.64. The number of hydrogen-bond donors (Lipinski definition) is 2. The predicted molar refractivity (Wildman–Crippen MR) is 81.9 cm³/mol. The molecule has 0 aliphatic rings. The van der Waals surface area contributed by atoms with E-state index in [1.54, 1.807) is 0 Å². The average Bonchev–Trinajstić information content (AvgIpc) is 2.48. The summed E-state index contributed by atoms with van der Waals surface area (Å²) in [5, 5.41) is 6.47. The summed E-state index contributed by atoms with van der Waals surface area (Å²) >= 11 is 0. The Hall–Kier alpha value is -2.17. The van der Waals surface area contributed by atoms with Gasteiger partial charge in [0.1, 0.15) is 5.82 Å². The quantitative estimate of drug-likeness (QED) is 0.846. The first-order valence-corrected chi connectivity index (χ1v) is 6.98. The van der Waals surface area contributed by atoms with Crippen LogP contribution in [0.25, 0.3) is 0 Å². The second-order valence-corrected chi connectivity index (χ2v) is 4.57. The molecule has 106 valence electrons. The number of rotatable bonds is 6. The third-order valence-electron chi connectivity index (χ3n) is 3.10. The van der Waals surface area contributed by atoms with E-state index >= 15 is 0 Å². The van der Waals surface area contributed by atoms with Gasteiger partial charge in [-0.15, -0.1) is 0 Å². The molecular formula is C15H21N5. The molecule has 5 nitrogen and oxygen atoms in total. The maximum absolute atomic E-state index is 4.47. The van der Waals surface area contributed by atoms with Gasteiger partial charge >= 0.3 is 0 Å². The van der Waals surface area contributed by atoms with E-state index in [0.717, 1.165) is 30.0 Å². The first kappa shape index (κ1) is 14.2. The smallest absolute Gasteiger partial charge is 0.224 e. The van der Waals surface area contributed by atoms with Gasteiger partial charge in [0.05, 0.1) is 12.2 Å². The summed E-state index contributed by atoms with van der Waals surface area (Å²) in [4.78, 5) is 13.1. The minimum atomic E-state index is 0.650. The van der Waals surface area contributed by atoms with Gasteiger partial charge in [-0.25, -0.2) is 4.98 Å². The van der Waals surface area contributed by atoms with E-state index in [4.69, 9.17) is 0 Å². The lowest BCUT2D eigenvalue weighted by Gasteiger charge is -2.11. The Balaban J connectivity index is 2.12. The fraction of sp³-hybridized carbons (Fsp3) is 0.400. The molecule has 0 radical (unpaired) electrons.